The van der Waals surface area contributed by atoms with E-state index in [0.29, 0.717) is 34.4 Å². The zero-order chi connectivity index (χ0) is 58.7. The maximum Gasteiger partial charge on any atom is 0.487 e. The average Bonchev–Trinajstić information content (AvgIpc) is 2.74. The van der Waals surface area contributed by atoms with Crippen molar-refractivity contribution in [2.24, 2.45) is 0 Å². The first-order chi connectivity index (χ1) is 38.0. The number of hydrogen-bond donors (Lipinski definition) is 6. The summed E-state index contributed by atoms with van der Waals surface area (Å²) in [6.45, 7) is 18.4. The van der Waals surface area contributed by atoms with Crippen LogP contribution in [0.15, 0.2) is 73.2 Å². The number of nitrogens with one attached hydrogen (secondary N) is 1. The van der Waals surface area contributed by atoms with Crippen molar-refractivity contribution < 1.29 is 70.6 Å². The number of carbonyl (C=O) groups excluding carboxylic acids is 2. The van der Waals surface area contributed by atoms with E-state index in [1.54, 1.807) is 11.9 Å². The maximum absolute atomic E-state index is 14.7. The molecule has 26 heteroatoms. The Hall–Kier alpha value is -6.34. The van der Waals surface area contributed by atoms with Gasteiger partial charge in [0, 0.05) is 97.8 Å². The molecule has 0 saturated carbocycles. The fourth-order valence-electron chi connectivity index (χ4n) is 11.4. The third-order valence-corrected chi connectivity index (χ3v) is 18.6. The van der Waals surface area contributed by atoms with Crippen LogP contribution in [0.1, 0.15) is 119 Å². The molecule has 3 aromatic carbocycles. The van der Waals surface area contributed by atoms with E-state index >= 15 is 0 Å². The smallest absolute Gasteiger partial charge is 0.487 e. The summed E-state index contributed by atoms with van der Waals surface area (Å²) in [5, 5.41) is 15.8. The SMILES string of the molecule is CCN1c2cc3c(cc2C(C)=CC1(C)C)C(c1ccccc1C(=O)N(C)CCCC(=O)NCC#Cc1cn([C@H]2C[C@H](O)[C@@H](COP(=O)(O)OP(=O)(O)OP(=O)([O-])O)O2)c2ncnc(N)c12)=c1cc2c(cc1O3)=[N+](CC)C(C)(C)C=C2C. The number of likely N-dealkylation sites (N-methyl/N-ethyl adjacent to an activating group) is 2. The molecule has 7 N–H and O–H groups in total. The molecule has 0 spiro atoms. The molecule has 430 valence electrons. The summed E-state index contributed by atoms with van der Waals surface area (Å²) in [6, 6.07) is 16.4. The number of phosphoric acid groups is 3. The number of carbonyl (C=O) groups is 2. The zero-order valence-corrected chi connectivity index (χ0v) is 48.9. The van der Waals surface area contributed by atoms with Gasteiger partial charge in [-0.3, -0.25) is 18.7 Å². The van der Waals surface area contributed by atoms with Crippen LogP contribution in [0, 0.1) is 11.8 Å². The van der Waals surface area contributed by atoms with Crippen LogP contribution in [0.4, 0.5) is 11.5 Å². The third-order valence-electron chi connectivity index (χ3n) is 14.8. The van der Waals surface area contributed by atoms with Crippen LogP contribution in [0.5, 0.6) is 11.5 Å². The second-order valence-corrected chi connectivity index (χ2v) is 25.7. The number of anilines is 2. The van der Waals surface area contributed by atoms with Crippen LogP contribution >= 0.6 is 23.5 Å². The highest BCUT2D eigenvalue weighted by molar-refractivity contribution is 7.66. The van der Waals surface area contributed by atoms with Gasteiger partial charge in [-0.05, 0) is 88.9 Å². The average molecular weight is 1170 g/mol. The predicted molar refractivity (Wildman–Crippen MR) is 301 cm³/mol. The van der Waals surface area contributed by atoms with Crippen molar-refractivity contribution in [3.8, 4) is 23.3 Å². The number of hydrogen-bond acceptors (Lipinski definition) is 16. The van der Waals surface area contributed by atoms with Crippen molar-refractivity contribution in [2.45, 2.75) is 104 Å². The fraction of sp³-hybridized carbons (Fsp3) is 0.400. The summed E-state index contributed by atoms with van der Waals surface area (Å²) in [4.78, 5) is 79.1. The molecular formula is C55H65N8O15P3. The van der Waals surface area contributed by atoms with E-state index in [0.717, 1.165) is 68.3 Å². The van der Waals surface area contributed by atoms with Crippen molar-refractivity contribution in [1.82, 2.24) is 29.3 Å². The molecule has 0 radical (unpaired) electrons. The Balaban J connectivity index is 0.896. The molecular weight excluding hydrogens is 1110 g/mol. The first-order valence-electron chi connectivity index (χ1n) is 26.2. The maximum atomic E-state index is 14.7. The molecule has 3 unspecified atom stereocenters. The molecule has 2 aromatic heterocycles. The van der Waals surface area contributed by atoms with Crippen LogP contribution in [0.3, 0.4) is 0 Å². The number of nitrogen functional groups attached to an aromatic ring is 1. The molecule has 6 heterocycles. The van der Waals surface area contributed by atoms with Crippen molar-refractivity contribution in [2.75, 3.05) is 50.5 Å². The van der Waals surface area contributed by atoms with E-state index < -0.39 is 48.5 Å². The molecule has 1 fully saturated rings. The van der Waals surface area contributed by atoms with E-state index in [-0.39, 0.29) is 60.3 Å². The third kappa shape index (κ3) is 12.3. The Kier molecular flexibility index (Phi) is 16.4. The molecule has 9 rings (SSSR count). The highest BCUT2D eigenvalue weighted by Crippen LogP contribution is 2.65. The Bertz CT molecular complexity index is 3820. The van der Waals surface area contributed by atoms with Gasteiger partial charge in [0.05, 0.1) is 41.8 Å². The fourth-order valence-corrected chi connectivity index (χ4v) is 14.4. The summed E-state index contributed by atoms with van der Waals surface area (Å²) >= 11 is 0. The number of benzene rings is 3. The minimum Gasteiger partial charge on any atom is -0.756 e. The number of ether oxygens (including phenoxy) is 2. The van der Waals surface area contributed by atoms with E-state index in [2.05, 4.69) is 142 Å². The highest BCUT2D eigenvalue weighted by atomic mass is 31.3. The second kappa shape index (κ2) is 22.4. The standard InChI is InChI=1S/C55H65N8O15P3/c1-10-62-41-24-44-39(22-37(41)32(3)27-54(62,5)6)50(40-23-38-33(4)28-55(7,8)63(11-2)42(38)25-45(40)75-44)35-17-12-13-18-36(35)53(66)60(9)21-15-19-47(65)57-20-14-16-34-29-61(52-49(34)51(56)58-31-59-52)48-26-43(64)46(76-48)30-74-80(70,71)78-81(72,73)77-79(67,68)69/h12-13,17-18,22-25,27-29,31,43,46,48,64H,10-11,15,19-21,26,30H2,1-9H3,(H6-,56,57,58,59,65,67,68,69,70,71,72,73)/t43-,46+,48+/m0/s1. The lowest BCUT2D eigenvalue weighted by molar-refractivity contribution is -0.212. The number of fused-ring (bicyclic) bond motifs is 5. The van der Waals surface area contributed by atoms with Crippen molar-refractivity contribution in [1.29, 1.82) is 0 Å². The van der Waals surface area contributed by atoms with Crippen LogP contribution in [-0.4, -0.2) is 114 Å². The minimum atomic E-state index is -5.86. The quantitative estimate of drug-likeness (QED) is 0.0374. The zero-order valence-electron chi connectivity index (χ0n) is 46.2. The minimum absolute atomic E-state index is 0.0599. The van der Waals surface area contributed by atoms with Gasteiger partial charge in [0.1, 0.15) is 48.2 Å². The number of nitrogens with two attached hydrogens (primary N) is 1. The van der Waals surface area contributed by atoms with Gasteiger partial charge in [0.15, 0.2) is 5.54 Å². The van der Waals surface area contributed by atoms with Gasteiger partial charge in [-0.1, -0.05) is 36.1 Å². The number of aliphatic hydroxyl groups excluding tert-OH is 1. The second-order valence-electron chi connectivity index (χ2n) is 21.3. The Morgan fingerprint density at radius 1 is 0.963 bits per heavy atom. The number of aliphatic hydroxyl groups is 1. The molecule has 4 aliphatic heterocycles. The molecule has 23 nitrogen and oxygen atoms in total. The first kappa shape index (κ1) is 59.3. The summed E-state index contributed by atoms with van der Waals surface area (Å²) in [5.41, 5.74) is 15.0. The van der Waals surface area contributed by atoms with Gasteiger partial charge in [-0.25, -0.2) is 28.0 Å². The van der Waals surface area contributed by atoms with Crippen LogP contribution in [-0.2, 0) is 36.4 Å². The lowest BCUT2D eigenvalue weighted by atomic mass is 9.83. The summed E-state index contributed by atoms with van der Waals surface area (Å²) in [7, 11) is -15.5. The number of amides is 2. The number of nitrogens with zero attached hydrogens (tertiary/aromatic N) is 6. The first-order valence-corrected chi connectivity index (χ1v) is 30.7. The van der Waals surface area contributed by atoms with Crippen LogP contribution in [0.25, 0.3) is 27.8 Å². The normalized spacial score (nSPS) is 20.9. The Morgan fingerprint density at radius 3 is 2.41 bits per heavy atom. The van der Waals surface area contributed by atoms with Gasteiger partial charge in [0.2, 0.25) is 11.3 Å². The largest absolute Gasteiger partial charge is 0.756 e. The summed E-state index contributed by atoms with van der Waals surface area (Å²) in [5.74, 6) is 6.83. The van der Waals surface area contributed by atoms with Gasteiger partial charge in [-0.15, -0.1) is 0 Å². The topological polar surface area (TPSA) is 314 Å². The molecule has 6 atom stereocenters. The van der Waals surface area contributed by atoms with Gasteiger partial charge in [0.25, 0.3) is 13.7 Å². The molecule has 4 aliphatic rings. The van der Waals surface area contributed by atoms with Crippen molar-refractivity contribution >= 4 is 74.5 Å². The molecule has 5 aromatic rings. The van der Waals surface area contributed by atoms with Crippen LogP contribution in [0.2, 0.25) is 0 Å². The van der Waals surface area contributed by atoms with Crippen molar-refractivity contribution in [3.63, 3.8) is 0 Å². The molecule has 81 heavy (non-hydrogen) atoms. The van der Waals surface area contributed by atoms with E-state index in [9.17, 15) is 43.1 Å². The Labute approximate surface area is 467 Å². The number of aromatic nitrogens is 3. The predicted octanol–water partition coefficient (Wildman–Crippen LogP) is 5.47. The molecule has 1 saturated heterocycles. The molecule has 0 bridgehead atoms. The summed E-state index contributed by atoms with van der Waals surface area (Å²) in [6.07, 6.45) is 3.99. The van der Waals surface area contributed by atoms with Crippen molar-refractivity contribution in [3.05, 3.63) is 117 Å². The lowest BCUT2D eigenvalue weighted by Crippen LogP contribution is -2.49. The van der Waals surface area contributed by atoms with Gasteiger partial charge >= 0.3 is 15.6 Å². The van der Waals surface area contributed by atoms with E-state index in [4.69, 9.17) is 20.1 Å². The number of phosphoric ester groups is 1. The number of allylic oxidation sites excluding steroid dienone is 2. The monoisotopic (exact) mass is 1170 g/mol. The van der Waals surface area contributed by atoms with E-state index in [1.807, 2.05) is 24.3 Å². The van der Waals surface area contributed by atoms with E-state index in [1.165, 1.54) is 17.1 Å². The molecule has 2 amide bonds. The molecule has 0 aliphatic carbocycles. The van der Waals surface area contributed by atoms with Crippen LogP contribution < -0.4 is 40.7 Å². The highest BCUT2D eigenvalue weighted by Gasteiger charge is 2.42. The number of rotatable bonds is 17. The van der Waals surface area contributed by atoms with Gasteiger partial charge in [-0.2, -0.15) is 4.31 Å². The lowest BCUT2D eigenvalue weighted by Gasteiger charge is -2.43. The Morgan fingerprint density at radius 2 is 1.69 bits per heavy atom. The summed E-state index contributed by atoms with van der Waals surface area (Å²) < 4.78 is 63.6. The van der Waals surface area contributed by atoms with Gasteiger partial charge < -0.3 is 59.6 Å².